The number of hydrogen-bond donors (Lipinski definition) is 1. The van der Waals surface area contributed by atoms with Gasteiger partial charge in [0.15, 0.2) is 0 Å². The van der Waals surface area contributed by atoms with E-state index in [1.54, 1.807) is 18.2 Å². The van der Waals surface area contributed by atoms with E-state index in [0.717, 1.165) is 16.9 Å². The van der Waals surface area contributed by atoms with E-state index in [0.29, 0.717) is 20.8 Å². The molecule has 3 rings (SSSR count). The first-order chi connectivity index (χ1) is 9.36. The van der Waals surface area contributed by atoms with Crippen LogP contribution in [0.3, 0.4) is 0 Å². The first kappa shape index (κ1) is 12.9. The summed E-state index contributed by atoms with van der Waals surface area (Å²) in [7, 11) is 0. The summed E-state index contributed by atoms with van der Waals surface area (Å²) in [5.41, 5.74) is 7.89. The van der Waals surface area contributed by atoms with Gasteiger partial charge in [-0.25, -0.2) is 0 Å². The molecule has 0 unspecified atom stereocenters. The Hall–Kier alpha value is -2.16. The quantitative estimate of drug-likeness (QED) is 0.701. The van der Waals surface area contributed by atoms with E-state index >= 15 is 0 Å². The molecule has 0 bridgehead atoms. The van der Waals surface area contributed by atoms with Gasteiger partial charge >= 0.3 is 6.18 Å². The molecule has 5 nitrogen and oxygen atoms in total. The van der Waals surface area contributed by atoms with Crippen molar-refractivity contribution in [3.63, 3.8) is 0 Å². The highest BCUT2D eigenvalue weighted by Gasteiger charge is 2.38. The van der Waals surface area contributed by atoms with E-state index < -0.39 is 12.0 Å². The lowest BCUT2D eigenvalue weighted by atomic mass is 10.1. The molecule has 0 atom stereocenters. The number of rotatable bonds is 1. The van der Waals surface area contributed by atoms with Crippen LogP contribution >= 0.6 is 11.3 Å². The number of aryl methyl sites for hydroxylation is 1. The van der Waals surface area contributed by atoms with Crippen molar-refractivity contribution in [3.8, 4) is 10.6 Å². The average Bonchev–Trinajstić information content (AvgIpc) is 2.90. The van der Waals surface area contributed by atoms with Gasteiger partial charge in [0.1, 0.15) is 5.01 Å². The highest BCUT2D eigenvalue weighted by Crippen LogP contribution is 2.32. The lowest BCUT2D eigenvalue weighted by molar-refractivity contribution is -0.146. The third-order valence-corrected chi connectivity index (χ3v) is 3.72. The van der Waals surface area contributed by atoms with Crippen LogP contribution in [0.15, 0.2) is 18.2 Å². The zero-order valence-corrected chi connectivity index (χ0v) is 11.0. The summed E-state index contributed by atoms with van der Waals surface area (Å²) in [5, 5.41) is 10.9. The number of hydrogen-bond acceptors (Lipinski definition) is 5. The third kappa shape index (κ3) is 1.99. The molecule has 1 aromatic carbocycles. The fraction of sp³-hybridized carbons (Fsp3) is 0.182. The molecule has 0 aliphatic carbocycles. The van der Waals surface area contributed by atoms with Gasteiger partial charge in [-0.15, -0.1) is 10.2 Å². The summed E-state index contributed by atoms with van der Waals surface area (Å²) in [6, 6.07) is 5.22. The van der Waals surface area contributed by atoms with Crippen molar-refractivity contribution in [3.05, 3.63) is 29.6 Å². The van der Waals surface area contributed by atoms with E-state index in [2.05, 4.69) is 15.3 Å². The van der Waals surface area contributed by atoms with Gasteiger partial charge in [0.2, 0.25) is 4.96 Å². The van der Waals surface area contributed by atoms with E-state index in [1.165, 1.54) is 0 Å². The zero-order chi connectivity index (χ0) is 14.5. The van der Waals surface area contributed by atoms with Crippen LogP contribution < -0.4 is 5.73 Å². The number of benzene rings is 1. The predicted octanol–water partition coefficient (Wildman–Crippen LogP) is 2.76. The van der Waals surface area contributed by atoms with Gasteiger partial charge in [-0.05, 0) is 18.6 Å². The maximum absolute atomic E-state index is 12.7. The van der Waals surface area contributed by atoms with Gasteiger partial charge in [-0.1, -0.05) is 23.5 Å². The molecule has 2 N–H and O–H groups in total. The summed E-state index contributed by atoms with van der Waals surface area (Å²) in [4.78, 5) is 0.0893. The van der Waals surface area contributed by atoms with Crippen LogP contribution in [0, 0.1) is 6.92 Å². The molecule has 3 aromatic rings. The molecule has 0 saturated carbocycles. The first-order valence-electron chi connectivity index (χ1n) is 5.52. The molecule has 2 heterocycles. The monoisotopic (exact) mass is 299 g/mol. The van der Waals surface area contributed by atoms with Crippen molar-refractivity contribution in [2.45, 2.75) is 13.1 Å². The Morgan fingerprint density at radius 1 is 1.25 bits per heavy atom. The lowest BCUT2D eigenvalue weighted by Crippen LogP contribution is -2.11. The van der Waals surface area contributed by atoms with E-state index in [4.69, 9.17) is 5.73 Å². The van der Waals surface area contributed by atoms with Gasteiger partial charge in [0, 0.05) is 11.3 Å². The van der Waals surface area contributed by atoms with Gasteiger partial charge < -0.3 is 5.73 Å². The van der Waals surface area contributed by atoms with Gasteiger partial charge in [-0.3, -0.25) is 0 Å². The Morgan fingerprint density at radius 3 is 2.65 bits per heavy atom. The number of fused-ring (bicyclic) bond motifs is 1. The molecule has 0 amide bonds. The molecule has 2 aromatic heterocycles. The summed E-state index contributed by atoms with van der Waals surface area (Å²) in [6.45, 7) is 1.85. The average molecular weight is 299 g/mol. The van der Waals surface area contributed by atoms with Crippen LogP contribution in [-0.2, 0) is 6.18 Å². The topological polar surface area (TPSA) is 69.1 Å². The molecule has 0 aliphatic rings. The molecule has 9 heteroatoms. The van der Waals surface area contributed by atoms with E-state index in [1.807, 2.05) is 6.92 Å². The smallest absolute Gasteiger partial charge is 0.398 e. The Labute approximate surface area is 114 Å². The zero-order valence-electron chi connectivity index (χ0n) is 10.1. The van der Waals surface area contributed by atoms with Crippen molar-refractivity contribution < 1.29 is 13.2 Å². The van der Waals surface area contributed by atoms with Gasteiger partial charge in [0.25, 0.3) is 5.82 Å². The second-order valence-corrected chi connectivity index (χ2v) is 5.15. The van der Waals surface area contributed by atoms with E-state index in [9.17, 15) is 13.2 Å². The summed E-state index contributed by atoms with van der Waals surface area (Å²) in [6.07, 6.45) is -4.59. The molecular formula is C11H8F3N5S. The van der Waals surface area contributed by atoms with Crippen molar-refractivity contribution in [2.75, 3.05) is 5.73 Å². The molecule has 0 radical (unpaired) electrons. The van der Waals surface area contributed by atoms with Crippen LogP contribution in [-0.4, -0.2) is 19.8 Å². The number of nitrogens with two attached hydrogens (primary N) is 1. The van der Waals surface area contributed by atoms with E-state index in [-0.39, 0.29) is 4.96 Å². The van der Waals surface area contributed by atoms with Crippen molar-refractivity contribution in [1.29, 1.82) is 0 Å². The standard InChI is InChI=1S/C11H8F3N5S/c1-5-2-3-6(4-7(5)15)8-18-19-9(11(12,13)14)16-17-10(19)20-8/h2-4H,15H2,1H3. The molecular weight excluding hydrogens is 291 g/mol. The number of aromatic nitrogens is 4. The highest BCUT2D eigenvalue weighted by atomic mass is 32.1. The number of alkyl halides is 3. The maximum atomic E-state index is 12.7. The Bertz CT molecular complexity index is 789. The van der Waals surface area contributed by atoms with Crippen molar-refractivity contribution >= 4 is 22.0 Å². The Balaban J connectivity index is 2.14. The highest BCUT2D eigenvalue weighted by molar-refractivity contribution is 7.19. The fourth-order valence-electron chi connectivity index (χ4n) is 1.68. The maximum Gasteiger partial charge on any atom is 0.453 e. The number of nitrogens with zero attached hydrogens (tertiary/aromatic N) is 4. The second-order valence-electron chi connectivity index (χ2n) is 4.19. The van der Waals surface area contributed by atoms with Gasteiger partial charge in [0.05, 0.1) is 0 Å². The molecule has 0 saturated heterocycles. The first-order valence-corrected chi connectivity index (χ1v) is 6.34. The number of halogens is 3. The largest absolute Gasteiger partial charge is 0.453 e. The second kappa shape index (κ2) is 4.17. The van der Waals surface area contributed by atoms with Crippen LogP contribution in [0.1, 0.15) is 11.4 Å². The molecule has 0 aliphatic heterocycles. The SMILES string of the molecule is Cc1ccc(-c2nn3c(C(F)(F)F)nnc3s2)cc1N. The number of nitrogen functional groups attached to an aromatic ring is 1. The third-order valence-electron chi connectivity index (χ3n) is 2.77. The molecule has 0 spiro atoms. The molecule has 0 fully saturated rings. The van der Waals surface area contributed by atoms with Crippen LogP contribution in [0.2, 0.25) is 0 Å². The minimum atomic E-state index is -4.59. The fourth-order valence-corrected chi connectivity index (χ4v) is 2.52. The Morgan fingerprint density at radius 2 is 2.00 bits per heavy atom. The summed E-state index contributed by atoms with van der Waals surface area (Å²) < 4.78 is 38.8. The van der Waals surface area contributed by atoms with Gasteiger partial charge in [-0.2, -0.15) is 22.8 Å². The van der Waals surface area contributed by atoms with Crippen molar-refractivity contribution in [1.82, 2.24) is 19.8 Å². The van der Waals surface area contributed by atoms with Crippen LogP contribution in [0.5, 0.6) is 0 Å². The Kier molecular flexibility index (Phi) is 2.68. The normalized spacial score (nSPS) is 12.2. The van der Waals surface area contributed by atoms with Crippen molar-refractivity contribution in [2.24, 2.45) is 0 Å². The minimum Gasteiger partial charge on any atom is -0.398 e. The molecule has 20 heavy (non-hydrogen) atoms. The molecule has 104 valence electrons. The number of anilines is 1. The van der Waals surface area contributed by atoms with Crippen LogP contribution in [0.25, 0.3) is 15.5 Å². The summed E-state index contributed by atoms with van der Waals surface area (Å²) >= 11 is 1.02. The van der Waals surface area contributed by atoms with Crippen LogP contribution in [0.4, 0.5) is 18.9 Å². The minimum absolute atomic E-state index is 0.0893. The lowest BCUT2D eigenvalue weighted by Gasteiger charge is -2.02. The summed E-state index contributed by atoms with van der Waals surface area (Å²) in [5.74, 6) is -1.13. The predicted molar refractivity (Wildman–Crippen MR) is 68.2 cm³/mol.